The van der Waals surface area contributed by atoms with Crippen molar-refractivity contribution in [2.24, 2.45) is 0 Å². The zero-order chi connectivity index (χ0) is 20.2. The molecule has 0 radical (unpaired) electrons. The van der Waals surface area contributed by atoms with Crippen molar-refractivity contribution in [3.05, 3.63) is 60.3 Å². The normalized spacial score (nSPS) is 10.7. The molecule has 2 N–H and O–H groups in total. The summed E-state index contributed by atoms with van der Waals surface area (Å²) in [7, 11) is 0. The first-order valence-electron chi connectivity index (χ1n) is 8.67. The molecule has 3 heterocycles. The van der Waals surface area contributed by atoms with Crippen molar-refractivity contribution in [3.8, 4) is 27.2 Å². The maximum Gasteiger partial charge on any atom is 0.256 e. The number of hydrogen-bond donors (Lipinski definition) is 2. The third-order valence-electron chi connectivity index (χ3n) is 3.86. The third kappa shape index (κ3) is 4.11. The number of amides is 1. The van der Waals surface area contributed by atoms with E-state index in [9.17, 15) is 9.18 Å². The lowest BCUT2D eigenvalue weighted by Crippen LogP contribution is -2.12. The van der Waals surface area contributed by atoms with Crippen LogP contribution < -0.4 is 10.1 Å². The Kier molecular flexibility index (Phi) is 5.25. The Balaban J connectivity index is 1.61. The summed E-state index contributed by atoms with van der Waals surface area (Å²) in [6.07, 6.45) is 3.06. The summed E-state index contributed by atoms with van der Waals surface area (Å²) in [6, 6.07) is 8.77. The molecule has 3 aromatic heterocycles. The molecule has 0 saturated carbocycles. The highest BCUT2D eigenvalue weighted by atomic mass is 32.1. The summed E-state index contributed by atoms with van der Waals surface area (Å²) in [5.41, 5.74) is 1.09. The van der Waals surface area contributed by atoms with Gasteiger partial charge in [0.25, 0.3) is 5.91 Å². The zero-order valence-corrected chi connectivity index (χ0v) is 16.0. The van der Waals surface area contributed by atoms with Gasteiger partial charge in [-0.2, -0.15) is 0 Å². The predicted molar refractivity (Wildman–Crippen MR) is 106 cm³/mol. The Bertz CT molecular complexity index is 1130. The minimum absolute atomic E-state index is 0.332. The van der Waals surface area contributed by atoms with Gasteiger partial charge in [0.05, 0.1) is 6.61 Å². The molecule has 0 atom stereocenters. The average Bonchev–Trinajstić information content (AvgIpc) is 3.39. The van der Waals surface area contributed by atoms with Gasteiger partial charge in [-0.25, -0.2) is 14.4 Å². The number of carbonyl (C=O) groups excluding carboxylic acids is 1. The highest BCUT2D eigenvalue weighted by Crippen LogP contribution is 2.38. The van der Waals surface area contributed by atoms with E-state index in [2.05, 4.69) is 30.5 Å². The Morgan fingerprint density at radius 2 is 2.10 bits per heavy atom. The Hall–Kier alpha value is -3.66. The Morgan fingerprint density at radius 1 is 1.28 bits per heavy atom. The number of anilines is 1. The lowest BCUT2D eigenvalue weighted by molar-refractivity contribution is 0.102. The number of hydrogen-bond acceptors (Lipinski definition) is 7. The minimum Gasteiger partial charge on any atom is -0.477 e. The summed E-state index contributed by atoms with van der Waals surface area (Å²) in [5.74, 6) is 0.588. The summed E-state index contributed by atoms with van der Waals surface area (Å²) in [4.78, 5) is 24.7. The Labute approximate surface area is 168 Å². The molecule has 0 spiro atoms. The van der Waals surface area contributed by atoms with Gasteiger partial charge in [-0.05, 0) is 43.3 Å². The first-order chi connectivity index (χ1) is 14.1. The van der Waals surface area contributed by atoms with Crippen molar-refractivity contribution >= 4 is 23.1 Å². The fourth-order valence-corrected chi connectivity index (χ4v) is 3.51. The smallest absolute Gasteiger partial charge is 0.256 e. The van der Waals surface area contributed by atoms with Crippen LogP contribution in [0.2, 0.25) is 0 Å². The van der Waals surface area contributed by atoms with Gasteiger partial charge in [0.15, 0.2) is 5.82 Å². The van der Waals surface area contributed by atoms with Crippen molar-refractivity contribution in [1.29, 1.82) is 0 Å². The highest BCUT2D eigenvalue weighted by molar-refractivity contribution is 7.18. The van der Waals surface area contributed by atoms with E-state index in [1.807, 2.05) is 6.92 Å². The third-order valence-corrected chi connectivity index (χ3v) is 4.96. The molecule has 10 heteroatoms. The molecule has 4 aromatic rings. The van der Waals surface area contributed by atoms with Crippen LogP contribution in [0.3, 0.4) is 0 Å². The van der Waals surface area contributed by atoms with Crippen LogP contribution in [0.25, 0.3) is 21.3 Å². The number of nitrogens with one attached hydrogen (secondary N) is 2. The van der Waals surface area contributed by atoms with Crippen LogP contribution in [-0.4, -0.2) is 37.7 Å². The van der Waals surface area contributed by atoms with Crippen LogP contribution in [-0.2, 0) is 0 Å². The molecule has 1 aromatic carbocycles. The predicted octanol–water partition coefficient (Wildman–Crippen LogP) is 3.78. The molecule has 1 amide bonds. The lowest BCUT2D eigenvalue weighted by atomic mass is 10.2. The monoisotopic (exact) mass is 410 g/mol. The first kappa shape index (κ1) is 18.7. The van der Waals surface area contributed by atoms with Gasteiger partial charge in [0, 0.05) is 17.3 Å². The van der Waals surface area contributed by atoms with Crippen molar-refractivity contribution in [2.75, 3.05) is 11.9 Å². The fraction of sp³-hybridized carbons (Fsp3) is 0.105. The molecule has 0 bridgehead atoms. The van der Waals surface area contributed by atoms with Crippen LogP contribution in [0.5, 0.6) is 5.88 Å². The molecule has 0 fully saturated rings. The molecule has 4 rings (SSSR count). The molecule has 0 saturated heterocycles. The van der Waals surface area contributed by atoms with Gasteiger partial charge in [0.2, 0.25) is 5.88 Å². The van der Waals surface area contributed by atoms with Gasteiger partial charge in [-0.15, -0.1) is 21.5 Å². The number of thiazole rings is 1. The lowest BCUT2D eigenvalue weighted by Gasteiger charge is -2.05. The largest absolute Gasteiger partial charge is 0.477 e. The van der Waals surface area contributed by atoms with E-state index in [1.54, 1.807) is 18.3 Å². The molecule has 8 nitrogen and oxygen atoms in total. The minimum atomic E-state index is -0.405. The maximum atomic E-state index is 13.0. The number of aromatic nitrogens is 5. The van der Waals surface area contributed by atoms with E-state index in [0.29, 0.717) is 34.7 Å². The maximum absolute atomic E-state index is 13.0. The average molecular weight is 410 g/mol. The molecular weight excluding hydrogens is 395 g/mol. The molecule has 29 heavy (non-hydrogen) atoms. The van der Waals surface area contributed by atoms with Gasteiger partial charge < -0.3 is 15.0 Å². The molecule has 0 aliphatic rings. The van der Waals surface area contributed by atoms with Crippen molar-refractivity contribution < 1.29 is 13.9 Å². The number of benzene rings is 1. The van der Waals surface area contributed by atoms with Crippen LogP contribution in [0.15, 0.2) is 48.9 Å². The van der Waals surface area contributed by atoms with Gasteiger partial charge in [-0.3, -0.25) is 4.79 Å². The van der Waals surface area contributed by atoms with E-state index in [0.717, 1.165) is 10.4 Å². The molecular formula is C19H15FN6O2S. The Morgan fingerprint density at radius 3 is 2.83 bits per heavy atom. The zero-order valence-electron chi connectivity index (χ0n) is 15.2. The first-order valence-corrected chi connectivity index (χ1v) is 9.49. The summed E-state index contributed by atoms with van der Waals surface area (Å²) >= 11 is 1.38. The second-order valence-corrected chi connectivity index (χ2v) is 6.81. The van der Waals surface area contributed by atoms with Crippen LogP contribution in [0.1, 0.15) is 17.3 Å². The number of halogens is 1. The molecule has 0 unspecified atom stereocenters. The van der Waals surface area contributed by atoms with Gasteiger partial charge in [0.1, 0.15) is 27.8 Å². The number of ether oxygens (including phenoxy) is 1. The van der Waals surface area contributed by atoms with Crippen LogP contribution >= 0.6 is 11.3 Å². The van der Waals surface area contributed by atoms with E-state index < -0.39 is 5.82 Å². The number of nitrogens with zero attached hydrogens (tertiary/aromatic N) is 4. The summed E-state index contributed by atoms with van der Waals surface area (Å²) in [5, 5.41) is 11.2. The fourth-order valence-electron chi connectivity index (χ4n) is 2.55. The number of aromatic amines is 1. The van der Waals surface area contributed by atoms with E-state index in [4.69, 9.17) is 4.74 Å². The number of pyridine rings is 1. The SMILES string of the molecule is CCOc1nc(-c2ccnc(NC(=O)c3ccc(F)cc3)c2)sc1-c1nnc[nH]1. The van der Waals surface area contributed by atoms with Crippen molar-refractivity contribution in [3.63, 3.8) is 0 Å². The quantitative estimate of drug-likeness (QED) is 0.501. The highest BCUT2D eigenvalue weighted by Gasteiger charge is 2.18. The van der Waals surface area contributed by atoms with Crippen LogP contribution in [0, 0.1) is 5.82 Å². The van der Waals surface area contributed by atoms with Crippen LogP contribution in [0.4, 0.5) is 10.2 Å². The number of H-pyrrole nitrogens is 1. The van der Waals surface area contributed by atoms with Crippen molar-refractivity contribution in [2.45, 2.75) is 6.92 Å². The van der Waals surface area contributed by atoms with E-state index in [1.165, 1.54) is 41.9 Å². The molecule has 146 valence electrons. The molecule has 0 aliphatic carbocycles. The summed E-state index contributed by atoms with van der Waals surface area (Å²) in [6.45, 7) is 2.33. The van der Waals surface area contributed by atoms with E-state index in [-0.39, 0.29) is 5.91 Å². The van der Waals surface area contributed by atoms with E-state index >= 15 is 0 Å². The van der Waals surface area contributed by atoms with Gasteiger partial charge in [-0.1, -0.05) is 0 Å². The summed E-state index contributed by atoms with van der Waals surface area (Å²) < 4.78 is 18.7. The number of carbonyl (C=O) groups is 1. The number of rotatable bonds is 6. The van der Waals surface area contributed by atoms with Crippen molar-refractivity contribution in [1.82, 2.24) is 25.1 Å². The van der Waals surface area contributed by atoms with Gasteiger partial charge >= 0.3 is 0 Å². The second kappa shape index (κ2) is 8.15. The second-order valence-electron chi connectivity index (χ2n) is 5.81. The standard InChI is InChI=1S/C19H15FN6O2S/c1-2-28-18-15(16-22-10-23-26-16)29-19(25-18)12-7-8-21-14(9-12)24-17(27)11-3-5-13(20)6-4-11/h3-10H,2H2,1H3,(H,21,24,27)(H,22,23,26). The molecule has 0 aliphatic heterocycles. The topological polar surface area (TPSA) is 106 Å².